The Bertz CT molecular complexity index is 453. The van der Waals surface area contributed by atoms with E-state index in [0.717, 1.165) is 0 Å². The van der Waals surface area contributed by atoms with Gasteiger partial charge in [0.1, 0.15) is 5.82 Å². The molecule has 1 aromatic carbocycles. The second kappa shape index (κ2) is 4.02. The van der Waals surface area contributed by atoms with Crippen LogP contribution in [0, 0.1) is 11.7 Å². The maximum Gasteiger partial charge on any atom is 0.338 e. The normalized spacial score (nSPS) is 15.7. The zero-order chi connectivity index (χ0) is 12.6. The van der Waals surface area contributed by atoms with Crippen molar-refractivity contribution >= 4 is 11.7 Å². The fourth-order valence-corrected chi connectivity index (χ4v) is 2.05. The highest BCUT2D eigenvalue weighted by molar-refractivity contribution is 5.88. The lowest BCUT2D eigenvalue weighted by Gasteiger charge is -2.27. The van der Waals surface area contributed by atoms with E-state index in [1.807, 2.05) is 0 Å². The number of benzene rings is 1. The van der Waals surface area contributed by atoms with Gasteiger partial charge in [0.2, 0.25) is 0 Å². The summed E-state index contributed by atoms with van der Waals surface area (Å²) in [6, 6.07) is 4.15. The van der Waals surface area contributed by atoms with Gasteiger partial charge in [-0.15, -0.1) is 0 Å². The Morgan fingerprint density at radius 2 is 2.12 bits per heavy atom. The molecular weight excluding hydrogens is 221 g/mol. The molecule has 0 spiro atoms. The van der Waals surface area contributed by atoms with Crippen LogP contribution in [0.5, 0.6) is 0 Å². The predicted molar refractivity (Wildman–Crippen MR) is 63.8 cm³/mol. The first-order valence-electron chi connectivity index (χ1n) is 5.71. The van der Waals surface area contributed by atoms with E-state index in [2.05, 4.69) is 19.2 Å². The van der Waals surface area contributed by atoms with Gasteiger partial charge in [-0.05, 0) is 50.8 Å². The third kappa shape index (κ3) is 2.57. The largest absolute Gasteiger partial charge is 0.478 e. The number of rotatable bonds is 4. The first kappa shape index (κ1) is 11.9. The van der Waals surface area contributed by atoms with E-state index in [0.29, 0.717) is 11.6 Å². The molecule has 0 amide bonds. The van der Waals surface area contributed by atoms with Gasteiger partial charge in [-0.3, -0.25) is 0 Å². The number of anilines is 1. The van der Waals surface area contributed by atoms with Crippen LogP contribution in [0.3, 0.4) is 0 Å². The molecule has 1 aliphatic rings. The molecular formula is C13H16FNO2. The molecule has 92 valence electrons. The Labute approximate surface area is 99.7 Å². The summed E-state index contributed by atoms with van der Waals surface area (Å²) < 4.78 is 13.5. The molecule has 0 aromatic heterocycles. The number of halogens is 1. The molecule has 2 rings (SSSR count). The highest BCUT2D eigenvalue weighted by Crippen LogP contribution is 2.41. The molecule has 0 unspecified atom stereocenters. The SMILES string of the molecule is CC(C)(Nc1ccc(C(=O)O)c(F)c1)C1CC1. The van der Waals surface area contributed by atoms with Crippen LogP contribution < -0.4 is 5.32 Å². The maximum absolute atomic E-state index is 13.5. The Kier molecular flexibility index (Phi) is 2.81. The summed E-state index contributed by atoms with van der Waals surface area (Å²) in [5, 5.41) is 12.0. The highest BCUT2D eigenvalue weighted by Gasteiger charge is 2.37. The lowest BCUT2D eigenvalue weighted by Crippen LogP contribution is -2.33. The molecule has 0 radical (unpaired) electrons. The molecule has 0 heterocycles. The van der Waals surface area contributed by atoms with Crippen LogP contribution in [0.2, 0.25) is 0 Å². The third-order valence-electron chi connectivity index (χ3n) is 3.26. The lowest BCUT2D eigenvalue weighted by molar-refractivity contribution is 0.0692. The monoisotopic (exact) mass is 237 g/mol. The van der Waals surface area contributed by atoms with Gasteiger partial charge < -0.3 is 10.4 Å². The minimum Gasteiger partial charge on any atom is -0.478 e. The summed E-state index contributed by atoms with van der Waals surface area (Å²) in [4.78, 5) is 10.7. The molecule has 3 nitrogen and oxygen atoms in total. The molecule has 0 atom stereocenters. The van der Waals surface area contributed by atoms with Gasteiger partial charge in [-0.2, -0.15) is 0 Å². The van der Waals surface area contributed by atoms with Crippen molar-refractivity contribution in [3.63, 3.8) is 0 Å². The van der Waals surface area contributed by atoms with Crippen molar-refractivity contribution in [1.29, 1.82) is 0 Å². The Hall–Kier alpha value is -1.58. The number of hydrogen-bond acceptors (Lipinski definition) is 2. The molecule has 1 saturated carbocycles. The molecule has 17 heavy (non-hydrogen) atoms. The van der Waals surface area contributed by atoms with Crippen LogP contribution in [0.4, 0.5) is 10.1 Å². The second-order valence-electron chi connectivity index (χ2n) is 5.12. The van der Waals surface area contributed by atoms with Gasteiger partial charge in [0.15, 0.2) is 0 Å². The van der Waals surface area contributed by atoms with Crippen LogP contribution in [-0.2, 0) is 0 Å². The fraction of sp³-hybridized carbons (Fsp3) is 0.462. The van der Waals surface area contributed by atoms with E-state index in [4.69, 9.17) is 5.11 Å². The molecule has 2 N–H and O–H groups in total. The first-order valence-corrected chi connectivity index (χ1v) is 5.71. The Morgan fingerprint density at radius 3 is 2.59 bits per heavy atom. The smallest absolute Gasteiger partial charge is 0.338 e. The van der Waals surface area contributed by atoms with Crippen LogP contribution in [0.1, 0.15) is 37.0 Å². The van der Waals surface area contributed by atoms with Gasteiger partial charge in [0.25, 0.3) is 0 Å². The van der Waals surface area contributed by atoms with E-state index in [9.17, 15) is 9.18 Å². The summed E-state index contributed by atoms with van der Waals surface area (Å²) in [6.07, 6.45) is 2.38. The average molecular weight is 237 g/mol. The second-order valence-corrected chi connectivity index (χ2v) is 5.12. The van der Waals surface area contributed by atoms with Crippen molar-refractivity contribution < 1.29 is 14.3 Å². The molecule has 1 aromatic rings. The topological polar surface area (TPSA) is 49.3 Å². The van der Waals surface area contributed by atoms with Crippen molar-refractivity contribution in [2.75, 3.05) is 5.32 Å². The Morgan fingerprint density at radius 1 is 1.47 bits per heavy atom. The lowest BCUT2D eigenvalue weighted by atomic mass is 9.98. The van der Waals surface area contributed by atoms with Gasteiger partial charge >= 0.3 is 5.97 Å². The van der Waals surface area contributed by atoms with E-state index < -0.39 is 11.8 Å². The van der Waals surface area contributed by atoms with Crippen LogP contribution in [-0.4, -0.2) is 16.6 Å². The van der Waals surface area contributed by atoms with Crippen LogP contribution >= 0.6 is 0 Å². The van der Waals surface area contributed by atoms with E-state index in [1.54, 1.807) is 6.07 Å². The van der Waals surface area contributed by atoms with Crippen LogP contribution in [0.15, 0.2) is 18.2 Å². The number of aromatic carboxylic acids is 1. The standard InChI is InChI=1S/C13H16FNO2/c1-13(2,8-3-4-8)15-9-5-6-10(12(16)17)11(14)7-9/h5-8,15H,3-4H2,1-2H3,(H,16,17). The summed E-state index contributed by atoms with van der Waals surface area (Å²) in [6.45, 7) is 4.15. The van der Waals surface area contributed by atoms with Gasteiger partial charge in [-0.1, -0.05) is 0 Å². The minimum absolute atomic E-state index is 0.0722. The minimum atomic E-state index is -1.24. The summed E-state index contributed by atoms with van der Waals surface area (Å²) in [7, 11) is 0. The molecule has 0 saturated heterocycles. The number of carboxylic acids is 1. The average Bonchev–Trinajstić information content (AvgIpc) is 2.98. The number of carbonyl (C=O) groups is 1. The zero-order valence-electron chi connectivity index (χ0n) is 9.96. The van der Waals surface area contributed by atoms with Gasteiger partial charge in [-0.25, -0.2) is 9.18 Å². The van der Waals surface area contributed by atoms with Crippen LogP contribution in [0.25, 0.3) is 0 Å². The van der Waals surface area contributed by atoms with Crippen molar-refractivity contribution in [1.82, 2.24) is 0 Å². The number of carboxylic acid groups (broad SMARTS) is 1. The third-order valence-corrected chi connectivity index (χ3v) is 3.26. The Balaban J connectivity index is 2.17. The first-order chi connectivity index (χ1) is 7.90. The molecule has 1 aliphatic carbocycles. The number of nitrogens with one attached hydrogen (secondary N) is 1. The number of hydrogen-bond donors (Lipinski definition) is 2. The summed E-state index contributed by atoms with van der Waals surface area (Å²) >= 11 is 0. The van der Waals surface area contributed by atoms with Crippen molar-refractivity contribution in [3.05, 3.63) is 29.6 Å². The van der Waals surface area contributed by atoms with Gasteiger partial charge in [0, 0.05) is 11.2 Å². The summed E-state index contributed by atoms with van der Waals surface area (Å²) in [5.41, 5.74) is 0.265. The van der Waals surface area contributed by atoms with E-state index >= 15 is 0 Å². The maximum atomic E-state index is 13.5. The summed E-state index contributed by atoms with van der Waals surface area (Å²) in [5.74, 6) is -1.32. The van der Waals surface area contributed by atoms with E-state index in [1.165, 1.54) is 25.0 Å². The predicted octanol–water partition coefficient (Wildman–Crippen LogP) is 3.12. The molecule has 4 heteroatoms. The highest BCUT2D eigenvalue weighted by atomic mass is 19.1. The molecule has 0 bridgehead atoms. The van der Waals surface area contributed by atoms with Crippen molar-refractivity contribution in [2.24, 2.45) is 5.92 Å². The van der Waals surface area contributed by atoms with Gasteiger partial charge in [0.05, 0.1) is 5.56 Å². The molecule has 0 aliphatic heterocycles. The molecule has 1 fully saturated rings. The van der Waals surface area contributed by atoms with Crippen molar-refractivity contribution in [3.8, 4) is 0 Å². The fourth-order valence-electron chi connectivity index (χ4n) is 2.05. The van der Waals surface area contributed by atoms with E-state index in [-0.39, 0.29) is 11.1 Å². The quantitative estimate of drug-likeness (QED) is 0.845. The van der Waals surface area contributed by atoms with Crippen molar-refractivity contribution in [2.45, 2.75) is 32.2 Å². The zero-order valence-corrected chi connectivity index (χ0v) is 9.96.